The summed E-state index contributed by atoms with van der Waals surface area (Å²) in [6, 6.07) is 9.64. The molecule has 1 saturated carbocycles. The molecular weight excluding hydrogens is 232 g/mol. The summed E-state index contributed by atoms with van der Waals surface area (Å²) in [6.07, 6.45) is 3.96. The van der Waals surface area contributed by atoms with E-state index >= 15 is 0 Å². The molecule has 0 bridgehead atoms. The molecular formula is C14H19ClN2. The van der Waals surface area contributed by atoms with Crippen molar-refractivity contribution >= 4 is 11.6 Å². The quantitative estimate of drug-likeness (QED) is 0.894. The van der Waals surface area contributed by atoms with E-state index in [-0.39, 0.29) is 0 Å². The Bertz CT molecular complexity index is 386. The smallest absolute Gasteiger partial charge is 0.0406 e. The molecule has 2 nitrogen and oxygen atoms in total. The Labute approximate surface area is 108 Å². The van der Waals surface area contributed by atoms with Gasteiger partial charge in [-0.1, -0.05) is 23.7 Å². The van der Waals surface area contributed by atoms with Crippen molar-refractivity contribution < 1.29 is 0 Å². The highest BCUT2D eigenvalue weighted by molar-refractivity contribution is 6.30. The van der Waals surface area contributed by atoms with Crippen LogP contribution in [0.2, 0.25) is 5.02 Å². The van der Waals surface area contributed by atoms with Gasteiger partial charge in [-0.2, -0.15) is 0 Å². The van der Waals surface area contributed by atoms with Gasteiger partial charge < -0.3 is 5.73 Å². The first-order valence-electron chi connectivity index (χ1n) is 6.51. The second-order valence-electron chi connectivity index (χ2n) is 5.25. The van der Waals surface area contributed by atoms with Crippen LogP contribution in [0.15, 0.2) is 24.3 Å². The van der Waals surface area contributed by atoms with Crippen LogP contribution in [0, 0.1) is 5.92 Å². The average molecular weight is 251 g/mol. The lowest BCUT2D eigenvalue weighted by atomic mass is 9.94. The molecule has 3 heteroatoms. The Morgan fingerprint density at radius 1 is 1.18 bits per heavy atom. The van der Waals surface area contributed by atoms with Crippen LogP contribution >= 0.6 is 11.6 Å². The molecule has 2 unspecified atom stereocenters. The summed E-state index contributed by atoms with van der Waals surface area (Å²) in [5, 5.41) is 0.814. The van der Waals surface area contributed by atoms with Crippen molar-refractivity contribution in [2.75, 3.05) is 13.1 Å². The van der Waals surface area contributed by atoms with Gasteiger partial charge >= 0.3 is 0 Å². The van der Waals surface area contributed by atoms with E-state index in [9.17, 15) is 0 Å². The molecule has 17 heavy (non-hydrogen) atoms. The molecule has 2 aliphatic rings. The maximum atomic E-state index is 5.96. The van der Waals surface area contributed by atoms with Gasteiger partial charge in [0, 0.05) is 17.1 Å². The number of halogens is 1. The van der Waals surface area contributed by atoms with Gasteiger partial charge in [0.25, 0.3) is 0 Å². The number of hydrogen-bond acceptors (Lipinski definition) is 2. The van der Waals surface area contributed by atoms with Crippen molar-refractivity contribution in [3.63, 3.8) is 0 Å². The topological polar surface area (TPSA) is 29.3 Å². The Morgan fingerprint density at radius 2 is 1.88 bits per heavy atom. The van der Waals surface area contributed by atoms with E-state index < -0.39 is 0 Å². The van der Waals surface area contributed by atoms with Crippen molar-refractivity contribution in [1.82, 2.24) is 4.90 Å². The first-order chi connectivity index (χ1) is 8.29. The Morgan fingerprint density at radius 3 is 2.47 bits per heavy atom. The zero-order chi connectivity index (χ0) is 11.8. The second-order valence-corrected chi connectivity index (χ2v) is 5.69. The number of likely N-dealkylation sites (tertiary alicyclic amines) is 1. The van der Waals surface area contributed by atoms with Crippen molar-refractivity contribution in [2.24, 2.45) is 11.7 Å². The van der Waals surface area contributed by atoms with E-state index in [2.05, 4.69) is 17.0 Å². The van der Waals surface area contributed by atoms with E-state index in [0.29, 0.717) is 12.0 Å². The van der Waals surface area contributed by atoms with Gasteiger partial charge in [0.05, 0.1) is 0 Å². The maximum absolute atomic E-state index is 5.96. The van der Waals surface area contributed by atoms with Crippen LogP contribution in [0.4, 0.5) is 0 Å². The minimum atomic E-state index is 0.518. The van der Waals surface area contributed by atoms with Gasteiger partial charge in [0.2, 0.25) is 0 Å². The van der Waals surface area contributed by atoms with Crippen molar-refractivity contribution in [1.29, 1.82) is 0 Å². The monoisotopic (exact) mass is 250 g/mol. The molecule has 0 aromatic heterocycles. The summed E-state index contributed by atoms with van der Waals surface area (Å²) >= 11 is 5.96. The third kappa shape index (κ3) is 2.22. The summed E-state index contributed by atoms with van der Waals surface area (Å²) in [5.41, 5.74) is 7.31. The van der Waals surface area contributed by atoms with Gasteiger partial charge in [0.1, 0.15) is 0 Å². The average Bonchev–Trinajstić information content (AvgIpc) is 3.10. The lowest BCUT2D eigenvalue weighted by molar-refractivity contribution is 0.220. The fraction of sp³-hybridized carbons (Fsp3) is 0.571. The predicted molar refractivity (Wildman–Crippen MR) is 71.1 cm³/mol. The molecule has 2 atom stereocenters. The van der Waals surface area contributed by atoms with Gasteiger partial charge in [-0.05, 0) is 56.0 Å². The summed E-state index contributed by atoms with van der Waals surface area (Å²) < 4.78 is 0. The van der Waals surface area contributed by atoms with Gasteiger partial charge in [-0.3, -0.25) is 4.90 Å². The SMILES string of the molecule is NCC1CCN(C2CC2)C1c1ccc(Cl)cc1. The zero-order valence-corrected chi connectivity index (χ0v) is 10.7. The normalized spacial score (nSPS) is 29.8. The van der Waals surface area contributed by atoms with Crippen LogP contribution in [0.5, 0.6) is 0 Å². The van der Waals surface area contributed by atoms with Gasteiger partial charge in [0.15, 0.2) is 0 Å². The van der Waals surface area contributed by atoms with Crippen molar-refractivity contribution in [3.05, 3.63) is 34.9 Å². The van der Waals surface area contributed by atoms with Gasteiger partial charge in [-0.25, -0.2) is 0 Å². The molecule has 92 valence electrons. The third-order valence-corrected chi connectivity index (χ3v) is 4.34. The van der Waals surface area contributed by atoms with E-state index in [0.717, 1.165) is 17.6 Å². The Balaban J connectivity index is 1.87. The summed E-state index contributed by atoms with van der Waals surface area (Å²) in [6.45, 7) is 2.00. The summed E-state index contributed by atoms with van der Waals surface area (Å²) in [5.74, 6) is 0.608. The van der Waals surface area contributed by atoms with E-state index in [1.165, 1.54) is 31.4 Å². The lowest BCUT2D eigenvalue weighted by Crippen LogP contribution is -2.29. The summed E-state index contributed by atoms with van der Waals surface area (Å²) in [7, 11) is 0. The fourth-order valence-corrected chi connectivity index (χ4v) is 3.19. The molecule has 1 aromatic rings. The van der Waals surface area contributed by atoms with Crippen molar-refractivity contribution in [2.45, 2.75) is 31.3 Å². The maximum Gasteiger partial charge on any atom is 0.0406 e. The Kier molecular flexibility index (Phi) is 3.12. The van der Waals surface area contributed by atoms with Crippen LogP contribution < -0.4 is 5.73 Å². The largest absolute Gasteiger partial charge is 0.330 e. The van der Waals surface area contributed by atoms with Crippen LogP contribution in [0.25, 0.3) is 0 Å². The molecule has 3 rings (SSSR count). The van der Waals surface area contributed by atoms with Crippen LogP contribution in [-0.2, 0) is 0 Å². The highest BCUT2D eigenvalue weighted by atomic mass is 35.5. The van der Waals surface area contributed by atoms with E-state index in [1.54, 1.807) is 0 Å². The summed E-state index contributed by atoms with van der Waals surface area (Å²) in [4.78, 5) is 2.65. The molecule has 2 fully saturated rings. The minimum absolute atomic E-state index is 0.518. The van der Waals surface area contributed by atoms with Crippen LogP contribution in [-0.4, -0.2) is 24.0 Å². The molecule has 2 N–H and O–H groups in total. The lowest BCUT2D eigenvalue weighted by Gasteiger charge is -2.28. The van der Waals surface area contributed by atoms with Crippen LogP contribution in [0.1, 0.15) is 30.9 Å². The van der Waals surface area contributed by atoms with E-state index in [1.807, 2.05) is 12.1 Å². The standard InChI is InChI=1S/C14H19ClN2/c15-12-3-1-10(2-4-12)14-11(9-16)7-8-17(14)13-5-6-13/h1-4,11,13-14H,5-9,16H2. The third-order valence-electron chi connectivity index (χ3n) is 4.09. The van der Waals surface area contributed by atoms with E-state index in [4.69, 9.17) is 17.3 Å². The predicted octanol–water partition coefficient (Wildman–Crippen LogP) is 2.82. The first kappa shape index (κ1) is 11.5. The molecule has 0 spiro atoms. The molecule has 1 saturated heterocycles. The number of hydrogen-bond donors (Lipinski definition) is 1. The second kappa shape index (κ2) is 4.60. The highest BCUT2D eigenvalue weighted by Crippen LogP contribution is 2.43. The number of nitrogens with two attached hydrogens (primary N) is 1. The number of benzene rings is 1. The zero-order valence-electron chi connectivity index (χ0n) is 9.98. The number of rotatable bonds is 3. The Hall–Kier alpha value is -0.570. The molecule has 0 amide bonds. The molecule has 1 aliphatic carbocycles. The number of nitrogens with zero attached hydrogens (tertiary/aromatic N) is 1. The molecule has 1 aromatic carbocycles. The molecule has 1 aliphatic heterocycles. The van der Waals surface area contributed by atoms with Crippen LogP contribution in [0.3, 0.4) is 0 Å². The van der Waals surface area contributed by atoms with Crippen molar-refractivity contribution in [3.8, 4) is 0 Å². The highest BCUT2D eigenvalue weighted by Gasteiger charge is 2.41. The first-order valence-corrected chi connectivity index (χ1v) is 6.88. The minimum Gasteiger partial charge on any atom is -0.330 e. The fourth-order valence-electron chi connectivity index (χ4n) is 3.07. The molecule has 1 heterocycles. The van der Waals surface area contributed by atoms with Gasteiger partial charge in [-0.15, -0.1) is 0 Å². The molecule has 0 radical (unpaired) electrons.